The highest BCUT2D eigenvalue weighted by atomic mass is 35.5. The predicted octanol–water partition coefficient (Wildman–Crippen LogP) is 4.08. The highest BCUT2D eigenvalue weighted by Crippen LogP contribution is 2.26. The van der Waals surface area contributed by atoms with Crippen LogP contribution in [-0.4, -0.2) is 41.2 Å². The van der Waals surface area contributed by atoms with Gasteiger partial charge in [-0.15, -0.1) is 0 Å². The summed E-state index contributed by atoms with van der Waals surface area (Å²) in [5.74, 6) is 0.672. The molecule has 1 heterocycles. The van der Waals surface area contributed by atoms with Gasteiger partial charge in [-0.1, -0.05) is 35.9 Å². The first-order valence-corrected chi connectivity index (χ1v) is 9.30. The van der Waals surface area contributed by atoms with Gasteiger partial charge < -0.3 is 14.7 Å². The smallest absolute Gasteiger partial charge is 0.254 e. The van der Waals surface area contributed by atoms with E-state index < -0.39 is 5.60 Å². The number of likely N-dealkylation sites (tertiary alicyclic amines) is 1. The van der Waals surface area contributed by atoms with Crippen LogP contribution in [0.15, 0.2) is 48.5 Å². The van der Waals surface area contributed by atoms with Crippen molar-refractivity contribution in [2.75, 3.05) is 19.7 Å². The molecule has 0 aromatic heterocycles. The lowest BCUT2D eigenvalue weighted by atomic mass is 9.96. The summed E-state index contributed by atoms with van der Waals surface area (Å²) in [6, 6.07) is 14.8. The number of nitrogens with zero attached hydrogens (tertiary/aromatic N) is 1. The molecule has 1 amide bonds. The molecular formula is C21H24ClNO3. The van der Waals surface area contributed by atoms with Crippen LogP contribution in [0.25, 0.3) is 0 Å². The van der Waals surface area contributed by atoms with Crippen molar-refractivity contribution in [3.05, 3.63) is 64.7 Å². The Balaban J connectivity index is 1.62. The summed E-state index contributed by atoms with van der Waals surface area (Å²) in [5.41, 5.74) is 0.762. The van der Waals surface area contributed by atoms with Gasteiger partial charge in [-0.3, -0.25) is 4.79 Å². The standard InChI is InChI=1S/C21H24ClNO3/c1-16-6-2-3-9-19(16)20(24)23-12-5-10-21(25,11-13-23)15-26-18-8-4-7-17(22)14-18/h2-4,6-9,14,25H,5,10-13,15H2,1H3. The molecule has 0 saturated carbocycles. The van der Waals surface area contributed by atoms with E-state index in [2.05, 4.69) is 0 Å². The fourth-order valence-corrected chi connectivity index (χ4v) is 3.46. The van der Waals surface area contributed by atoms with E-state index in [1.54, 1.807) is 12.1 Å². The summed E-state index contributed by atoms with van der Waals surface area (Å²) < 4.78 is 5.75. The quantitative estimate of drug-likeness (QED) is 0.878. The van der Waals surface area contributed by atoms with Gasteiger partial charge in [-0.2, -0.15) is 0 Å². The molecule has 4 nitrogen and oxygen atoms in total. The minimum Gasteiger partial charge on any atom is -0.491 e. The summed E-state index contributed by atoms with van der Waals surface area (Å²) in [6.45, 7) is 3.30. The van der Waals surface area contributed by atoms with E-state index in [1.165, 1.54) is 0 Å². The molecule has 1 unspecified atom stereocenters. The van der Waals surface area contributed by atoms with Crippen molar-refractivity contribution in [3.8, 4) is 5.75 Å². The molecule has 26 heavy (non-hydrogen) atoms. The zero-order valence-electron chi connectivity index (χ0n) is 15.0. The van der Waals surface area contributed by atoms with E-state index in [1.807, 2.05) is 48.2 Å². The molecule has 1 saturated heterocycles. The van der Waals surface area contributed by atoms with Gasteiger partial charge in [0.1, 0.15) is 18.0 Å². The Morgan fingerprint density at radius 1 is 1.19 bits per heavy atom. The molecule has 0 spiro atoms. The minimum absolute atomic E-state index is 0.0307. The van der Waals surface area contributed by atoms with Crippen molar-refractivity contribution in [1.82, 2.24) is 4.90 Å². The number of hydrogen-bond acceptors (Lipinski definition) is 3. The van der Waals surface area contributed by atoms with Crippen LogP contribution in [0.5, 0.6) is 5.75 Å². The lowest BCUT2D eigenvalue weighted by molar-refractivity contribution is -0.0163. The van der Waals surface area contributed by atoms with Crippen LogP contribution in [0.3, 0.4) is 0 Å². The van der Waals surface area contributed by atoms with Gasteiger partial charge in [0.05, 0.1) is 0 Å². The highest BCUT2D eigenvalue weighted by molar-refractivity contribution is 6.30. The summed E-state index contributed by atoms with van der Waals surface area (Å²) >= 11 is 5.97. The molecule has 1 atom stereocenters. The van der Waals surface area contributed by atoms with Crippen LogP contribution in [-0.2, 0) is 0 Å². The predicted molar refractivity (Wildman–Crippen MR) is 103 cm³/mol. The Morgan fingerprint density at radius 2 is 2.00 bits per heavy atom. The van der Waals surface area contributed by atoms with Crippen LogP contribution >= 0.6 is 11.6 Å². The molecule has 2 aromatic rings. The van der Waals surface area contributed by atoms with Crippen LogP contribution in [0, 0.1) is 6.92 Å². The second-order valence-electron chi connectivity index (χ2n) is 6.93. The van der Waals surface area contributed by atoms with Crippen molar-refractivity contribution < 1.29 is 14.6 Å². The number of amides is 1. The maximum absolute atomic E-state index is 12.8. The molecule has 138 valence electrons. The molecule has 1 aliphatic rings. The molecule has 0 aliphatic carbocycles. The van der Waals surface area contributed by atoms with Gasteiger partial charge in [0.15, 0.2) is 0 Å². The van der Waals surface area contributed by atoms with Crippen molar-refractivity contribution >= 4 is 17.5 Å². The third-order valence-electron chi connectivity index (χ3n) is 4.88. The second kappa shape index (κ2) is 8.11. The number of aliphatic hydroxyl groups is 1. The topological polar surface area (TPSA) is 49.8 Å². The van der Waals surface area contributed by atoms with Crippen molar-refractivity contribution in [2.24, 2.45) is 0 Å². The highest BCUT2D eigenvalue weighted by Gasteiger charge is 2.32. The minimum atomic E-state index is -0.941. The fourth-order valence-electron chi connectivity index (χ4n) is 3.28. The van der Waals surface area contributed by atoms with Gasteiger partial charge >= 0.3 is 0 Å². The number of rotatable bonds is 4. The normalized spacial score (nSPS) is 20.5. The number of benzene rings is 2. The van der Waals surface area contributed by atoms with Gasteiger partial charge in [0, 0.05) is 23.7 Å². The number of carbonyl (C=O) groups excluding carboxylic acids is 1. The molecule has 1 N–H and O–H groups in total. The molecule has 1 fully saturated rings. The summed E-state index contributed by atoms with van der Waals surface area (Å²) in [5, 5.41) is 11.5. The monoisotopic (exact) mass is 373 g/mol. The second-order valence-corrected chi connectivity index (χ2v) is 7.37. The molecule has 1 aliphatic heterocycles. The summed E-state index contributed by atoms with van der Waals surface area (Å²) in [7, 11) is 0. The molecule has 5 heteroatoms. The molecule has 3 rings (SSSR count). The fraction of sp³-hybridized carbons (Fsp3) is 0.381. The summed E-state index contributed by atoms with van der Waals surface area (Å²) in [4.78, 5) is 14.6. The number of hydrogen-bond donors (Lipinski definition) is 1. The van der Waals surface area contributed by atoms with Crippen LogP contribution in [0.1, 0.15) is 35.2 Å². The van der Waals surface area contributed by atoms with E-state index in [0.29, 0.717) is 36.7 Å². The summed E-state index contributed by atoms with van der Waals surface area (Å²) in [6.07, 6.45) is 1.84. The number of halogens is 1. The molecule has 0 bridgehead atoms. The molecular weight excluding hydrogens is 350 g/mol. The van der Waals surface area contributed by atoms with E-state index >= 15 is 0 Å². The average molecular weight is 374 g/mol. The van der Waals surface area contributed by atoms with Crippen LogP contribution < -0.4 is 4.74 Å². The van der Waals surface area contributed by atoms with E-state index in [0.717, 1.165) is 17.5 Å². The van der Waals surface area contributed by atoms with Crippen LogP contribution in [0.2, 0.25) is 5.02 Å². The maximum atomic E-state index is 12.8. The van der Waals surface area contributed by atoms with E-state index in [9.17, 15) is 9.90 Å². The van der Waals surface area contributed by atoms with E-state index in [-0.39, 0.29) is 12.5 Å². The van der Waals surface area contributed by atoms with E-state index in [4.69, 9.17) is 16.3 Å². The first-order chi connectivity index (χ1) is 12.5. The Labute approximate surface area is 159 Å². The Kier molecular flexibility index (Phi) is 5.84. The van der Waals surface area contributed by atoms with Crippen molar-refractivity contribution in [2.45, 2.75) is 31.8 Å². The lowest BCUT2D eigenvalue weighted by Gasteiger charge is -2.27. The van der Waals surface area contributed by atoms with Crippen molar-refractivity contribution in [3.63, 3.8) is 0 Å². The third-order valence-corrected chi connectivity index (χ3v) is 5.12. The SMILES string of the molecule is Cc1ccccc1C(=O)N1CCCC(O)(COc2cccc(Cl)c2)CC1. The zero-order chi connectivity index (χ0) is 18.6. The average Bonchev–Trinajstić information content (AvgIpc) is 2.82. The van der Waals surface area contributed by atoms with Gasteiger partial charge in [0.2, 0.25) is 0 Å². The Morgan fingerprint density at radius 3 is 2.77 bits per heavy atom. The van der Waals surface area contributed by atoms with Gasteiger partial charge in [-0.05, 0) is 56.0 Å². The largest absolute Gasteiger partial charge is 0.491 e. The molecule has 2 aromatic carbocycles. The van der Waals surface area contributed by atoms with Gasteiger partial charge in [-0.25, -0.2) is 0 Å². The Bertz CT molecular complexity index is 779. The number of carbonyl (C=O) groups is 1. The number of aryl methyl sites for hydroxylation is 1. The van der Waals surface area contributed by atoms with Gasteiger partial charge in [0.25, 0.3) is 5.91 Å². The van der Waals surface area contributed by atoms with Crippen molar-refractivity contribution in [1.29, 1.82) is 0 Å². The maximum Gasteiger partial charge on any atom is 0.254 e. The lowest BCUT2D eigenvalue weighted by Crippen LogP contribution is -2.38. The van der Waals surface area contributed by atoms with Crippen LogP contribution in [0.4, 0.5) is 0 Å². The first-order valence-electron chi connectivity index (χ1n) is 8.92. The Hall–Kier alpha value is -2.04. The third kappa shape index (κ3) is 4.57. The zero-order valence-corrected chi connectivity index (χ0v) is 15.7. The molecule has 0 radical (unpaired) electrons. The number of ether oxygens (including phenoxy) is 1. The first kappa shape index (κ1) is 18.7.